The number of allylic oxidation sites excluding steroid dienone is 1. The Balaban J connectivity index is 1.35. The van der Waals surface area contributed by atoms with Gasteiger partial charge in [-0.05, 0) is 67.8 Å². The number of piperazine rings is 1. The zero-order chi connectivity index (χ0) is 32.4. The first kappa shape index (κ1) is 30.2. The fraction of sp³-hybridized carbons (Fsp3) is 0.400. The quantitative estimate of drug-likeness (QED) is 0.239. The Labute approximate surface area is 264 Å². The standard InChI is InChI=1S/C35H33F4N5O2/c1-21-22(2)30-29(18-28(21)43-15-13-42(3)14-16-43)44(19-23-9-10-25(17-27(23)36)35(37,38)39)20-26(31(30)45)32-40-33(46-41-32)34(11-12-34)24-7-5-4-6-8-24/h5,7-10,17-18,20-22H,11-16,19H2,1-3H3. The van der Waals surface area contributed by atoms with Crippen LogP contribution in [0.4, 0.5) is 17.6 Å². The van der Waals surface area contributed by atoms with Gasteiger partial charge < -0.3 is 18.9 Å². The van der Waals surface area contributed by atoms with E-state index in [9.17, 15) is 18.0 Å². The van der Waals surface area contributed by atoms with Gasteiger partial charge in [-0.2, -0.15) is 18.2 Å². The summed E-state index contributed by atoms with van der Waals surface area (Å²) < 4.78 is 62.6. The Kier molecular flexibility index (Phi) is 7.31. The van der Waals surface area contributed by atoms with Crippen LogP contribution in [0.1, 0.15) is 66.4 Å². The number of benzene rings is 1. The molecule has 1 saturated heterocycles. The third-order valence-corrected chi connectivity index (χ3v) is 9.94. The van der Waals surface area contributed by atoms with Crippen molar-refractivity contribution < 1.29 is 22.1 Å². The molecule has 2 aromatic carbocycles. The molecule has 2 atom stereocenters. The van der Waals surface area contributed by atoms with Gasteiger partial charge in [0.2, 0.25) is 11.7 Å². The first-order valence-electron chi connectivity index (χ1n) is 15.5. The molecule has 0 amide bonds. The van der Waals surface area contributed by atoms with Crippen LogP contribution in [-0.2, 0) is 18.1 Å². The summed E-state index contributed by atoms with van der Waals surface area (Å²) in [6, 6.07) is 14.0. The maximum Gasteiger partial charge on any atom is 0.416 e. The number of likely N-dealkylation sites (N-methyl/N-ethyl adjacent to an activating group) is 1. The van der Waals surface area contributed by atoms with Gasteiger partial charge in [0, 0.05) is 55.1 Å². The van der Waals surface area contributed by atoms with E-state index in [1.165, 1.54) is 0 Å². The summed E-state index contributed by atoms with van der Waals surface area (Å²) in [6.07, 6.45) is 0.520. The minimum Gasteiger partial charge on any atom is -0.372 e. The van der Waals surface area contributed by atoms with Crippen molar-refractivity contribution in [3.63, 3.8) is 0 Å². The Hall–Kier alpha value is -4.43. The maximum absolute atomic E-state index is 15.2. The molecule has 46 heavy (non-hydrogen) atoms. The Morgan fingerprint density at radius 1 is 1.07 bits per heavy atom. The van der Waals surface area contributed by atoms with E-state index >= 15 is 4.39 Å². The molecule has 4 aromatic rings. The molecule has 7 nitrogen and oxygen atoms in total. The van der Waals surface area contributed by atoms with Gasteiger partial charge in [-0.15, -0.1) is 0 Å². The van der Waals surface area contributed by atoms with Gasteiger partial charge in [-0.1, -0.05) is 37.2 Å². The fourth-order valence-electron chi connectivity index (χ4n) is 6.77. The molecule has 2 fully saturated rings. The lowest BCUT2D eigenvalue weighted by Gasteiger charge is -2.41. The van der Waals surface area contributed by atoms with Crippen LogP contribution in [0.2, 0.25) is 0 Å². The number of pyridine rings is 1. The van der Waals surface area contributed by atoms with Gasteiger partial charge in [0.1, 0.15) is 5.82 Å². The van der Waals surface area contributed by atoms with Crippen LogP contribution in [0, 0.1) is 23.9 Å². The van der Waals surface area contributed by atoms with E-state index in [-0.39, 0.29) is 40.8 Å². The maximum atomic E-state index is 15.2. The highest BCUT2D eigenvalue weighted by atomic mass is 19.4. The Morgan fingerprint density at radius 3 is 2.48 bits per heavy atom. The number of aromatic nitrogens is 3. The zero-order valence-electron chi connectivity index (χ0n) is 25.8. The van der Waals surface area contributed by atoms with Crippen LogP contribution in [0.25, 0.3) is 17.5 Å². The summed E-state index contributed by atoms with van der Waals surface area (Å²) in [5.74, 6) is -0.646. The fourth-order valence-corrected chi connectivity index (χ4v) is 6.77. The molecule has 0 bridgehead atoms. The first-order valence-corrected chi connectivity index (χ1v) is 15.5. The number of alkyl halides is 3. The van der Waals surface area contributed by atoms with Gasteiger partial charge in [0.05, 0.1) is 28.8 Å². The van der Waals surface area contributed by atoms with Gasteiger partial charge in [0.15, 0.2) is 5.43 Å². The van der Waals surface area contributed by atoms with Crippen molar-refractivity contribution in [3.05, 3.63) is 110 Å². The second kappa shape index (κ2) is 11.1. The summed E-state index contributed by atoms with van der Waals surface area (Å²) in [6.45, 7) is 7.46. The number of fused-ring (bicyclic) bond motifs is 1. The van der Waals surface area contributed by atoms with Gasteiger partial charge in [0.25, 0.3) is 0 Å². The topological polar surface area (TPSA) is 67.4 Å². The SMILES string of the molecule is CC1C(N2CCN(C)CC2)=Cc2c(c(=O)c(-c3noc(C4(c5cc#ccc5)CC4)n3)cn2Cc2ccc(C(F)(F)F)cc2F)C1C. The van der Waals surface area contributed by atoms with Crippen molar-refractivity contribution in [2.45, 2.75) is 50.7 Å². The minimum atomic E-state index is -4.67. The van der Waals surface area contributed by atoms with E-state index in [0.717, 1.165) is 62.4 Å². The number of hydrogen-bond acceptors (Lipinski definition) is 6. The average molecular weight is 632 g/mol. The van der Waals surface area contributed by atoms with Crippen LogP contribution in [-0.4, -0.2) is 57.7 Å². The molecule has 1 saturated carbocycles. The van der Waals surface area contributed by atoms with Crippen molar-refractivity contribution in [1.29, 1.82) is 0 Å². The van der Waals surface area contributed by atoms with Crippen LogP contribution >= 0.6 is 0 Å². The highest BCUT2D eigenvalue weighted by molar-refractivity contribution is 5.65. The second-order valence-electron chi connectivity index (χ2n) is 12.8. The molecule has 1 aliphatic heterocycles. The average Bonchev–Trinajstić information content (AvgIpc) is 3.70. The second-order valence-corrected chi connectivity index (χ2v) is 12.8. The molecule has 2 aromatic heterocycles. The molecular formula is C35H33F4N5O2. The summed E-state index contributed by atoms with van der Waals surface area (Å²) >= 11 is 0. The Morgan fingerprint density at radius 2 is 1.83 bits per heavy atom. The van der Waals surface area contributed by atoms with Gasteiger partial charge >= 0.3 is 6.18 Å². The molecule has 0 spiro atoms. The predicted molar refractivity (Wildman–Crippen MR) is 163 cm³/mol. The third-order valence-electron chi connectivity index (χ3n) is 9.94. The first-order chi connectivity index (χ1) is 22.0. The smallest absolute Gasteiger partial charge is 0.372 e. The van der Waals surface area contributed by atoms with Crippen molar-refractivity contribution in [3.8, 4) is 11.4 Å². The molecule has 11 heteroatoms. The molecule has 3 aliphatic rings. The molecule has 0 N–H and O–H groups in total. The van der Waals surface area contributed by atoms with Crippen molar-refractivity contribution in [2.24, 2.45) is 5.92 Å². The van der Waals surface area contributed by atoms with E-state index in [1.54, 1.807) is 16.8 Å². The lowest BCUT2D eigenvalue weighted by molar-refractivity contribution is -0.137. The molecule has 0 radical (unpaired) electrons. The van der Waals surface area contributed by atoms with E-state index in [0.29, 0.717) is 23.2 Å². The highest BCUT2D eigenvalue weighted by Gasteiger charge is 2.51. The molecule has 7 rings (SSSR count). The summed E-state index contributed by atoms with van der Waals surface area (Å²) in [7, 11) is 2.08. The summed E-state index contributed by atoms with van der Waals surface area (Å²) in [4.78, 5) is 23.6. The van der Waals surface area contributed by atoms with Crippen LogP contribution in [0.3, 0.4) is 0 Å². The summed E-state index contributed by atoms with van der Waals surface area (Å²) in [5.41, 5.74) is 1.71. The van der Waals surface area contributed by atoms with Crippen LogP contribution < -0.4 is 5.43 Å². The van der Waals surface area contributed by atoms with E-state index in [2.05, 4.69) is 41.1 Å². The predicted octanol–water partition coefficient (Wildman–Crippen LogP) is 6.13. The normalized spacial score (nSPS) is 21.0. The van der Waals surface area contributed by atoms with E-state index in [4.69, 9.17) is 9.51 Å². The van der Waals surface area contributed by atoms with Crippen molar-refractivity contribution in [1.82, 2.24) is 24.5 Å². The van der Waals surface area contributed by atoms with Crippen molar-refractivity contribution >= 4 is 6.08 Å². The number of hydrogen-bond donors (Lipinski definition) is 0. The van der Waals surface area contributed by atoms with Crippen LogP contribution in [0.15, 0.2) is 57.6 Å². The molecule has 238 valence electrons. The Bertz CT molecular complexity index is 1870. The third kappa shape index (κ3) is 5.18. The molecule has 2 aliphatic carbocycles. The van der Waals surface area contributed by atoms with E-state index in [1.807, 2.05) is 25.1 Å². The largest absolute Gasteiger partial charge is 0.416 e. The monoisotopic (exact) mass is 631 g/mol. The lowest BCUT2D eigenvalue weighted by Crippen LogP contribution is -2.46. The zero-order valence-corrected chi connectivity index (χ0v) is 25.8. The molecular weight excluding hydrogens is 598 g/mol. The minimum absolute atomic E-state index is 0.0109. The van der Waals surface area contributed by atoms with Crippen molar-refractivity contribution in [2.75, 3.05) is 33.2 Å². The highest BCUT2D eigenvalue weighted by Crippen LogP contribution is 2.52. The van der Waals surface area contributed by atoms with Gasteiger partial charge in [-0.25, -0.2) is 4.39 Å². The van der Waals surface area contributed by atoms with E-state index < -0.39 is 23.0 Å². The van der Waals surface area contributed by atoms with Crippen LogP contribution in [0.5, 0.6) is 0 Å². The number of halogens is 4. The molecule has 2 unspecified atom stereocenters. The molecule has 3 heterocycles. The van der Waals surface area contributed by atoms with Gasteiger partial charge in [-0.3, -0.25) is 4.79 Å². The number of rotatable bonds is 6. The number of nitrogens with zero attached hydrogens (tertiary/aromatic N) is 5. The lowest BCUT2D eigenvalue weighted by atomic mass is 9.79. The summed E-state index contributed by atoms with van der Waals surface area (Å²) in [5, 5.41) is 4.23.